The lowest BCUT2D eigenvalue weighted by atomic mass is 9.98. The zero-order chi connectivity index (χ0) is 13.7. The highest BCUT2D eigenvalue weighted by Crippen LogP contribution is 2.31. The standard InChI is InChI=1S/C15H22BrFN2/c1-2-3-7-14(19-10-8-18-9-11-19)12-5-4-6-13(16)15(12)17/h4-6,14,18H,2-3,7-11H2,1H3/t14-/m0/s1. The normalized spacial score (nSPS) is 18.5. The molecule has 0 unspecified atom stereocenters. The van der Waals surface area contributed by atoms with Crippen LogP contribution in [-0.4, -0.2) is 31.1 Å². The summed E-state index contributed by atoms with van der Waals surface area (Å²) in [5.41, 5.74) is 0.838. The fraction of sp³-hybridized carbons (Fsp3) is 0.600. The maximum Gasteiger partial charge on any atom is 0.142 e. The highest BCUT2D eigenvalue weighted by Gasteiger charge is 2.24. The third kappa shape index (κ3) is 3.77. The van der Waals surface area contributed by atoms with Gasteiger partial charge in [0.05, 0.1) is 4.47 Å². The molecule has 2 nitrogen and oxygen atoms in total. The van der Waals surface area contributed by atoms with Gasteiger partial charge in [-0.3, -0.25) is 4.90 Å². The highest BCUT2D eigenvalue weighted by molar-refractivity contribution is 9.10. The van der Waals surface area contributed by atoms with Crippen molar-refractivity contribution >= 4 is 15.9 Å². The van der Waals surface area contributed by atoms with E-state index in [-0.39, 0.29) is 11.9 Å². The van der Waals surface area contributed by atoms with Crippen molar-refractivity contribution in [2.45, 2.75) is 32.2 Å². The average Bonchev–Trinajstić information content (AvgIpc) is 2.45. The smallest absolute Gasteiger partial charge is 0.142 e. The predicted molar refractivity (Wildman–Crippen MR) is 80.8 cm³/mol. The van der Waals surface area contributed by atoms with Crippen LogP contribution in [0.3, 0.4) is 0 Å². The number of unbranched alkanes of at least 4 members (excludes halogenated alkanes) is 1. The zero-order valence-electron chi connectivity index (χ0n) is 11.5. The summed E-state index contributed by atoms with van der Waals surface area (Å²) < 4.78 is 14.9. The van der Waals surface area contributed by atoms with Gasteiger partial charge in [-0.05, 0) is 28.4 Å². The zero-order valence-corrected chi connectivity index (χ0v) is 13.0. The summed E-state index contributed by atoms with van der Waals surface area (Å²) in [6.45, 7) is 6.18. The van der Waals surface area contributed by atoms with Crippen LogP contribution in [0.2, 0.25) is 0 Å². The summed E-state index contributed by atoms with van der Waals surface area (Å²) in [4.78, 5) is 2.41. The monoisotopic (exact) mass is 328 g/mol. The van der Waals surface area contributed by atoms with Gasteiger partial charge in [0.25, 0.3) is 0 Å². The van der Waals surface area contributed by atoms with E-state index in [1.165, 1.54) is 0 Å². The summed E-state index contributed by atoms with van der Waals surface area (Å²) >= 11 is 3.30. The summed E-state index contributed by atoms with van der Waals surface area (Å²) in [6.07, 6.45) is 3.32. The molecule has 1 aliphatic heterocycles. The van der Waals surface area contributed by atoms with E-state index in [4.69, 9.17) is 0 Å². The second-order valence-corrected chi connectivity index (χ2v) is 5.94. The fourth-order valence-electron chi connectivity index (χ4n) is 2.70. The van der Waals surface area contributed by atoms with Crippen LogP contribution < -0.4 is 5.32 Å². The molecule has 2 rings (SSSR count). The quantitative estimate of drug-likeness (QED) is 0.886. The first-order chi connectivity index (χ1) is 9.24. The molecule has 1 atom stereocenters. The molecule has 1 aromatic rings. The van der Waals surface area contributed by atoms with Crippen LogP contribution in [0.4, 0.5) is 4.39 Å². The van der Waals surface area contributed by atoms with Crippen molar-refractivity contribution in [1.82, 2.24) is 10.2 Å². The van der Waals surface area contributed by atoms with Gasteiger partial charge in [0.15, 0.2) is 0 Å². The van der Waals surface area contributed by atoms with Crippen LogP contribution in [0.5, 0.6) is 0 Å². The third-order valence-corrected chi connectivity index (χ3v) is 4.38. The number of nitrogens with one attached hydrogen (secondary N) is 1. The molecule has 0 aliphatic carbocycles. The van der Waals surface area contributed by atoms with Crippen molar-refractivity contribution in [3.8, 4) is 0 Å². The van der Waals surface area contributed by atoms with Crippen LogP contribution in [0, 0.1) is 5.82 Å². The van der Waals surface area contributed by atoms with Crippen LogP contribution in [-0.2, 0) is 0 Å². The highest BCUT2D eigenvalue weighted by atomic mass is 79.9. The average molecular weight is 329 g/mol. The number of halogens is 2. The molecule has 0 radical (unpaired) electrons. The molecule has 1 aromatic carbocycles. The molecule has 4 heteroatoms. The van der Waals surface area contributed by atoms with E-state index in [1.54, 1.807) is 6.07 Å². The Morgan fingerprint density at radius 1 is 1.37 bits per heavy atom. The Morgan fingerprint density at radius 2 is 2.11 bits per heavy atom. The lowest BCUT2D eigenvalue weighted by molar-refractivity contribution is 0.160. The fourth-order valence-corrected chi connectivity index (χ4v) is 3.09. The molecule has 0 spiro atoms. The summed E-state index contributed by atoms with van der Waals surface area (Å²) in [5.74, 6) is -0.0952. The van der Waals surface area contributed by atoms with Crippen LogP contribution in [0.15, 0.2) is 22.7 Å². The van der Waals surface area contributed by atoms with Crippen molar-refractivity contribution in [2.24, 2.45) is 0 Å². The van der Waals surface area contributed by atoms with Gasteiger partial charge in [-0.2, -0.15) is 0 Å². The lowest BCUT2D eigenvalue weighted by Crippen LogP contribution is -2.45. The molecule has 1 saturated heterocycles. The lowest BCUT2D eigenvalue weighted by Gasteiger charge is -2.35. The summed E-state index contributed by atoms with van der Waals surface area (Å²) in [6, 6.07) is 5.85. The molecule has 1 aliphatic rings. The van der Waals surface area contributed by atoms with Crippen molar-refractivity contribution in [1.29, 1.82) is 0 Å². The molecule has 1 heterocycles. The Balaban J connectivity index is 2.22. The maximum absolute atomic E-state index is 14.3. The second kappa shape index (κ2) is 7.36. The minimum atomic E-state index is -0.0952. The number of benzene rings is 1. The number of hydrogen-bond donors (Lipinski definition) is 1. The Morgan fingerprint density at radius 3 is 2.79 bits per heavy atom. The SMILES string of the molecule is CCCC[C@@H](c1cccc(Br)c1F)N1CCNCC1. The Hall–Kier alpha value is -0.450. The molecular formula is C15H22BrFN2. The van der Waals surface area contributed by atoms with Gasteiger partial charge >= 0.3 is 0 Å². The molecule has 106 valence electrons. The number of hydrogen-bond acceptors (Lipinski definition) is 2. The van der Waals surface area contributed by atoms with E-state index in [2.05, 4.69) is 33.1 Å². The molecule has 0 bridgehead atoms. The largest absolute Gasteiger partial charge is 0.314 e. The first-order valence-corrected chi connectivity index (χ1v) is 7.92. The first kappa shape index (κ1) is 14.9. The van der Waals surface area contributed by atoms with E-state index >= 15 is 0 Å². The van der Waals surface area contributed by atoms with E-state index in [1.807, 2.05) is 12.1 Å². The van der Waals surface area contributed by atoms with Gasteiger partial charge < -0.3 is 5.32 Å². The second-order valence-electron chi connectivity index (χ2n) is 5.09. The van der Waals surface area contributed by atoms with Gasteiger partial charge in [0.2, 0.25) is 0 Å². The van der Waals surface area contributed by atoms with Gasteiger partial charge in [0, 0.05) is 37.8 Å². The molecule has 0 amide bonds. The van der Waals surface area contributed by atoms with Crippen LogP contribution in [0.1, 0.15) is 37.8 Å². The molecular weight excluding hydrogens is 307 g/mol. The van der Waals surface area contributed by atoms with E-state index in [0.29, 0.717) is 4.47 Å². The first-order valence-electron chi connectivity index (χ1n) is 7.12. The van der Waals surface area contributed by atoms with Crippen molar-refractivity contribution < 1.29 is 4.39 Å². The van der Waals surface area contributed by atoms with Gasteiger partial charge in [-0.25, -0.2) is 4.39 Å². The van der Waals surface area contributed by atoms with Crippen molar-refractivity contribution in [3.63, 3.8) is 0 Å². The van der Waals surface area contributed by atoms with E-state index in [9.17, 15) is 4.39 Å². The Labute approximate surface area is 123 Å². The number of nitrogens with zero attached hydrogens (tertiary/aromatic N) is 1. The Kier molecular flexibility index (Phi) is 5.79. The van der Waals surface area contributed by atoms with Crippen molar-refractivity contribution in [3.05, 3.63) is 34.1 Å². The van der Waals surface area contributed by atoms with E-state index < -0.39 is 0 Å². The van der Waals surface area contributed by atoms with Crippen LogP contribution in [0.25, 0.3) is 0 Å². The topological polar surface area (TPSA) is 15.3 Å². The van der Waals surface area contributed by atoms with Crippen LogP contribution >= 0.6 is 15.9 Å². The minimum Gasteiger partial charge on any atom is -0.314 e. The van der Waals surface area contributed by atoms with Gasteiger partial charge in [-0.1, -0.05) is 31.9 Å². The molecule has 1 fully saturated rings. The molecule has 0 aromatic heterocycles. The predicted octanol–water partition coefficient (Wildman–Crippen LogP) is 3.72. The summed E-state index contributed by atoms with van der Waals surface area (Å²) in [7, 11) is 0. The van der Waals surface area contributed by atoms with Gasteiger partial charge in [-0.15, -0.1) is 0 Å². The molecule has 19 heavy (non-hydrogen) atoms. The summed E-state index contributed by atoms with van der Waals surface area (Å²) in [5, 5.41) is 3.36. The number of piperazine rings is 1. The third-order valence-electron chi connectivity index (χ3n) is 3.76. The number of rotatable bonds is 5. The maximum atomic E-state index is 14.3. The molecule has 1 N–H and O–H groups in total. The van der Waals surface area contributed by atoms with Gasteiger partial charge in [0.1, 0.15) is 5.82 Å². The van der Waals surface area contributed by atoms with Crippen molar-refractivity contribution in [2.75, 3.05) is 26.2 Å². The van der Waals surface area contributed by atoms with E-state index in [0.717, 1.165) is 51.0 Å². The minimum absolute atomic E-state index is 0.0952. The molecule has 0 saturated carbocycles. The Bertz CT molecular complexity index is 405.